The van der Waals surface area contributed by atoms with Gasteiger partial charge in [-0.25, -0.2) is 8.78 Å². The molecule has 0 atom stereocenters. The molecule has 1 aromatic heterocycles. The summed E-state index contributed by atoms with van der Waals surface area (Å²) in [6.45, 7) is 0. The van der Waals surface area contributed by atoms with E-state index in [1.807, 2.05) is 24.3 Å². The van der Waals surface area contributed by atoms with Crippen molar-refractivity contribution >= 4 is 26.7 Å². The van der Waals surface area contributed by atoms with Crippen molar-refractivity contribution in [2.45, 2.75) is 11.8 Å². The lowest BCUT2D eigenvalue weighted by Crippen LogP contribution is -1.95. The zero-order valence-electron chi connectivity index (χ0n) is 7.75. The van der Waals surface area contributed by atoms with Gasteiger partial charge in [-0.05, 0) is 11.5 Å². The molecule has 0 spiro atoms. The summed E-state index contributed by atoms with van der Waals surface area (Å²) in [6, 6.07) is 8.84. The van der Waals surface area contributed by atoms with Crippen LogP contribution < -0.4 is 0 Å². The van der Waals surface area contributed by atoms with Crippen LogP contribution in [0.2, 0.25) is 0 Å². The molecule has 2 rings (SSSR count). The Morgan fingerprint density at radius 1 is 1.27 bits per heavy atom. The summed E-state index contributed by atoms with van der Waals surface area (Å²) in [5.41, 5.74) is 0.492. The van der Waals surface area contributed by atoms with E-state index >= 15 is 0 Å². The van der Waals surface area contributed by atoms with Gasteiger partial charge in [0.2, 0.25) is 0 Å². The molecule has 15 heavy (non-hydrogen) atoms. The third-order valence-corrected chi connectivity index (χ3v) is 2.72. The first-order valence-corrected chi connectivity index (χ1v) is 5.57. The number of fused-ring (bicyclic) bond motifs is 1. The molecular weight excluding hydrogens is 264 g/mol. The molecule has 0 radical (unpaired) electrons. The van der Waals surface area contributed by atoms with Gasteiger partial charge in [-0.1, -0.05) is 40.2 Å². The summed E-state index contributed by atoms with van der Waals surface area (Å²) in [4.78, 5) is 3.92. The first-order chi connectivity index (χ1) is 7.22. The van der Waals surface area contributed by atoms with Crippen LogP contribution in [-0.2, 0) is 5.33 Å². The van der Waals surface area contributed by atoms with Gasteiger partial charge in [-0.2, -0.15) is 0 Å². The second-order valence-corrected chi connectivity index (χ2v) is 3.71. The molecule has 0 amide bonds. The highest BCUT2D eigenvalue weighted by molar-refractivity contribution is 9.08. The molecule has 0 saturated heterocycles. The molecule has 1 nitrogen and oxygen atoms in total. The van der Waals surface area contributed by atoms with Gasteiger partial charge in [0.1, 0.15) is 5.69 Å². The molecule has 0 fully saturated rings. The van der Waals surface area contributed by atoms with Crippen LogP contribution in [0, 0.1) is 0 Å². The van der Waals surface area contributed by atoms with Crippen molar-refractivity contribution in [3.8, 4) is 0 Å². The fraction of sp³-hybridized carbons (Fsp3) is 0.182. The monoisotopic (exact) mass is 271 g/mol. The van der Waals surface area contributed by atoms with Gasteiger partial charge in [0, 0.05) is 10.7 Å². The number of nitrogens with zero attached hydrogens (tertiary/aromatic N) is 1. The molecule has 1 aromatic carbocycles. The Morgan fingerprint density at radius 2 is 2.00 bits per heavy atom. The van der Waals surface area contributed by atoms with E-state index in [1.54, 1.807) is 0 Å². The Bertz CT molecular complexity index is 485. The third kappa shape index (κ3) is 2.00. The minimum Gasteiger partial charge on any atom is -0.250 e. The van der Waals surface area contributed by atoms with Crippen LogP contribution >= 0.6 is 15.9 Å². The molecule has 0 aliphatic rings. The summed E-state index contributed by atoms with van der Waals surface area (Å²) in [6.07, 6.45) is -2.52. The van der Waals surface area contributed by atoms with Crippen LogP contribution in [0.25, 0.3) is 10.8 Å². The summed E-state index contributed by atoms with van der Waals surface area (Å²) in [5.74, 6) is 0. The zero-order valence-corrected chi connectivity index (χ0v) is 9.34. The van der Waals surface area contributed by atoms with Crippen molar-refractivity contribution in [3.05, 3.63) is 41.7 Å². The topological polar surface area (TPSA) is 12.9 Å². The van der Waals surface area contributed by atoms with E-state index in [2.05, 4.69) is 20.9 Å². The summed E-state index contributed by atoms with van der Waals surface area (Å²) in [7, 11) is 0. The Balaban J connectivity index is 2.71. The lowest BCUT2D eigenvalue weighted by molar-refractivity contribution is 0.146. The van der Waals surface area contributed by atoms with E-state index in [1.165, 1.54) is 6.07 Å². The predicted octanol–water partition coefficient (Wildman–Crippen LogP) is 4.07. The maximum Gasteiger partial charge on any atom is 0.280 e. The standard InChI is InChI=1S/C11H8BrF2N/c12-6-10-8-4-2-1-3-7(8)5-9(15-10)11(13)14/h1-5,11H,6H2. The molecular formula is C11H8BrF2N. The molecule has 4 heteroatoms. The number of alkyl halides is 3. The average molecular weight is 272 g/mol. The van der Waals surface area contributed by atoms with E-state index in [0.717, 1.165) is 10.8 Å². The van der Waals surface area contributed by atoms with Gasteiger partial charge in [0.15, 0.2) is 0 Å². The van der Waals surface area contributed by atoms with Gasteiger partial charge < -0.3 is 0 Å². The summed E-state index contributed by atoms with van der Waals surface area (Å²) < 4.78 is 25.1. The number of rotatable bonds is 2. The van der Waals surface area contributed by atoms with E-state index in [-0.39, 0.29) is 5.69 Å². The van der Waals surface area contributed by atoms with Crippen molar-refractivity contribution in [2.75, 3.05) is 0 Å². The van der Waals surface area contributed by atoms with Crippen molar-refractivity contribution in [1.29, 1.82) is 0 Å². The Kier molecular flexibility index (Phi) is 2.95. The molecule has 78 valence electrons. The van der Waals surface area contributed by atoms with E-state index in [4.69, 9.17) is 0 Å². The van der Waals surface area contributed by atoms with Crippen LogP contribution in [0.4, 0.5) is 8.78 Å². The molecule has 0 aliphatic heterocycles. The first-order valence-electron chi connectivity index (χ1n) is 4.45. The van der Waals surface area contributed by atoms with Crippen LogP contribution in [0.15, 0.2) is 30.3 Å². The van der Waals surface area contributed by atoms with Crippen molar-refractivity contribution in [3.63, 3.8) is 0 Å². The minimum absolute atomic E-state index is 0.164. The Hall–Kier alpha value is -1.03. The fourth-order valence-electron chi connectivity index (χ4n) is 1.51. The highest BCUT2D eigenvalue weighted by Crippen LogP contribution is 2.25. The molecule has 0 N–H and O–H groups in total. The van der Waals surface area contributed by atoms with Crippen LogP contribution in [-0.4, -0.2) is 4.98 Å². The van der Waals surface area contributed by atoms with Gasteiger partial charge in [0.25, 0.3) is 6.43 Å². The van der Waals surface area contributed by atoms with Crippen LogP contribution in [0.1, 0.15) is 17.8 Å². The van der Waals surface area contributed by atoms with E-state index < -0.39 is 6.43 Å². The van der Waals surface area contributed by atoms with Crippen molar-refractivity contribution in [1.82, 2.24) is 4.98 Å². The largest absolute Gasteiger partial charge is 0.280 e. The number of aromatic nitrogens is 1. The second-order valence-electron chi connectivity index (χ2n) is 3.15. The number of halogens is 3. The lowest BCUT2D eigenvalue weighted by Gasteiger charge is -2.06. The molecule has 1 heterocycles. The molecule has 0 aliphatic carbocycles. The number of pyridine rings is 1. The number of hydrogen-bond donors (Lipinski definition) is 0. The SMILES string of the molecule is FC(F)c1cc2ccccc2c(CBr)n1. The summed E-state index contributed by atoms with van der Waals surface area (Å²) in [5, 5.41) is 2.20. The molecule has 2 aromatic rings. The Morgan fingerprint density at radius 3 is 2.67 bits per heavy atom. The van der Waals surface area contributed by atoms with Gasteiger partial charge in [0.05, 0.1) is 5.69 Å². The highest BCUT2D eigenvalue weighted by Gasteiger charge is 2.12. The number of hydrogen-bond acceptors (Lipinski definition) is 1. The van der Waals surface area contributed by atoms with Gasteiger partial charge in [-0.15, -0.1) is 0 Å². The maximum atomic E-state index is 12.5. The third-order valence-electron chi connectivity index (χ3n) is 2.19. The van der Waals surface area contributed by atoms with Gasteiger partial charge in [-0.3, -0.25) is 4.98 Å². The van der Waals surface area contributed by atoms with Gasteiger partial charge >= 0.3 is 0 Å². The van der Waals surface area contributed by atoms with Crippen molar-refractivity contribution in [2.24, 2.45) is 0 Å². The minimum atomic E-state index is -2.52. The predicted molar refractivity (Wildman–Crippen MR) is 59.3 cm³/mol. The lowest BCUT2D eigenvalue weighted by atomic mass is 10.1. The molecule has 0 saturated carbocycles. The average Bonchev–Trinajstić information content (AvgIpc) is 2.27. The molecule has 0 bridgehead atoms. The fourth-order valence-corrected chi connectivity index (χ4v) is 1.93. The van der Waals surface area contributed by atoms with Crippen molar-refractivity contribution < 1.29 is 8.78 Å². The zero-order chi connectivity index (χ0) is 10.8. The van der Waals surface area contributed by atoms with E-state index in [9.17, 15) is 8.78 Å². The van der Waals surface area contributed by atoms with Crippen LogP contribution in [0.5, 0.6) is 0 Å². The van der Waals surface area contributed by atoms with Crippen LogP contribution in [0.3, 0.4) is 0 Å². The molecule has 0 unspecified atom stereocenters. The first kappa shape index (κ1) is 10.5. The number of benzene rings is 1. The second kappa shape index (κ2) is 4.23. The smallest absolute Gasteiger partial charge is 0.250 e. The van der Waals surface area contributed by atoms with E-state index in [0.29, 0.717) is 11.0 Å². The normalized spacial score (nSPS) is 11.2. The quantitative estimate of drug-likeness (QED) is 0.751. The highest BCUT2D eigenvalue weighted by atomic mass is 79.9. The Labute approximate surface area is 94.3 Å². The summed E-state index contributed by atoms with van der Waals surface area (Å²) >= 11 is 3.25. The maximum absolute atomic E-state index is 12.5.